The van der Waals surface area contributed by atoms with E-state index in [4.69, 9.17) is 0 Å². The number of hydrogen-bond donors (Lipinski definition) is 1. The third kappa shape index (κ3) is 5.46. The molecule has 0 aliphatic carbocycles. The lowest BCUT2D eigenvalue weighted by molar-refractivity contribution is 0.476. The van der Waals surface area contributed by atoms with Crippen LogP contribution in [0.3, 0.4) is 0 Å². The summed E-state index contributed by atoms with van der Waals surface area (Å²) in [5.41, 5.74) is 13.4. The molecule has 3 aromatic rings. The van der Waals surface area contributed by atoms with Crippen molar-refractivity contribution in [2.45, 2.75) is 116 Å². The number of rotatable bonds is 6. The highest BCUT2D eigenvalue weighted by atomic mass is 28.3. The van der Waals surface area contributed by atoms with Gasteiger partial charge in [0.15, 0.2) is 0 Å². The molecule has 3 rings (SSSR count). The summed E-state index contributed by atoms with van der Waals surface area (Å²) in [5.74, 6) is 7.81. The number of aromatic hydroxyl groups is 1. The lowest BCUT2D eigenvalue weighted by atomic mass is 9.92. The first kappa shape index (κ1) is 31.1. The predicted octanol–water partition coefficient (Wildman–Crippen LogP) is 10.8. The lowest BCUT2D eigenvalue weighted by Crippen LogP contribution is -2.43. The summed E-state index contributed by atoms with van der Waals surface area (Å²) in [4.78, 5) is 0. The summed E-state index contributed by atoms with van der Waals surface area (Å²) < 4.78 is 0. The molecular formula is C36H50OSi2. The monoisotopic (exact) mass is 554 g/mol. The standard InChI is InChI=1S/C36H50OSi2/c1-24(2)38(25(3)4,26(5)6)21-19-34-31-15-13-14-16-32(31)35(36-23-30(37)17-18-33(34)36)20-22-39(27(7)8,28(9)10)29(11)12/h13-18,23-29,37H,1-12H3. The van der Waals surface area contributed by atoms with Gasteiger partial charge in [0, 0.05) is 16.5 Å². The topological polar surface area (TPSA) is 20.2 Å². The first-order valence-electron chi connectivity index (χ1n) is 14.9. The average molecular weight is 555 g/mol. The highest BCUT2D eigenvalue weighted by Crippen LogP contribution is 2.43. The number of phenols is 1. The summed E-state index contributed by atoms with van der Waals surface area (Å²) in [7, 11) is -3.86. The van der Waals surface area contributed by atoms with Crippen molar-refractivity contribution in [3.63, 3.8) is 0 Å². The van der Waals surface area contributed by atoms with Crippen LogP contribution in [0.4, 0.5) is 0 Å². The van der Waals surface area contributed by atoms with Crippen LogP contribution in [0.2, 0.25) is 33.2 Å². The van der Waals surface area contributed by atoms with Crippen LogP contribution in [0.15, 0.2) is 42.5 Å². The number of benzene rings is 3. The van der Waals surface area contributed by atoms with Crippen LogP contribution in [0.5, 0.6) is 5.75 Å². The minimum atomic E-state index is -1.94. The first-order valence-corrected chi connectivity index (χ1v) is 19.4. The smallest absolute Gasteiger partial charge is 0.146 e. The molecule has 0 unspecified atom stereocenters. The van der Waals surface area contributed by atoms with Crippen molar-refractivity contribution in [1.82, 2.24) is 0 Å². The fraction of sp³-hybridized carbons (Fsp3) is 0.500. The molecule has 0 radical (unpaired) electrons. The van der Waals surface area contributed by atoms with E-state index in [9.17, 15) is 5.11 Å². The van der Waals surface area contributed by atoms with Crippen molar-refractivity contribution >= 4 is 37.7 Å². The Morgan fingerprint density at radius 2 is 0.821 bits per heavy atom. The van der Waals surface area contributed by atoms with Crippen LogP contribution in [0, 0.1) is 22.9 Å². The Morgan fingerprint density at radius 1 is 0.487 bits per heavy atom. The van der Waals surface area contributed by atoms with Crippen molar-refractivity contribution < 1.29 is 5.11 Å². The summed E-state index contributed by atoms with van der Waals surface area (Å²) in [6, 6.07) is 14.4. The van der Waals surface area contributed by atoms with E-state index in [-0.39, 0.29) is 5.75 Å². The van der Waals surface area contributed by atoms with Crippen LogP contribution in [-0.4, -0.2) is 21.3 Å². The largest absolute Gasteiger partial charge is 0.508 e. The highest BCUT2D eigenvalue weighted by Gasteiger charge is 2.42. The second-order valence-electron chi connectivity index (χ2n) is 13.3. The van der Waals surface area contributed by atoms with E-state index < -0.39 is 16.1 Å². The van der Waals surface area contributed by atoms with Gasteiger partial charge in [-0.2, -0.15) is 0 Å². The molecule has 3 heteroatoms. The summed E-state index contributed by atoms with van der Waals surface area (Å²) in [6.07, 6.45) is 0. The van der Waals surface area contributed by atoms with E-state index >= 15 is 0 Å². The van der Waals surface area contributed by atoms with Gasteiger partial charge in [0.25, 0.3) is 0 Å². The maximum atomic E-state index is 10.6. The molecule has 0 aromatic heterocycles. The summed E-state index contributed by atoms with van der Waals surface area (Å²) in [6.45, 7) is 28.3. The first-order chi connectivity index (χ1) is 18.2. The van der Waals surface area contributed by atoms with E-state index in [1.165, 1.54) is 0 Å². The second-order valence-corrected chi connectivity index (χ2v) is 24.5. The number of hydrogen-bond acceptors (Lipinski definition) is 1. The van der Waals surface area contributed by atoms with Gasteiger partial charge < -0.3 is 5.11 Å². The number of fused-ring (bicyclic) bond motifs is 2. The molecule has 0 atom stereocenters. The van der Waals surface area contributed by atoms with Gasteiger partial charge in [-0.25, -0.2) is 0 Å². The summed E-state index contributed by atoms with van der Waals surface area (Å²) >= 11 is 0. The Morgan fingerprint density at radius 3 is 1.18 bits per heavy atom. The lowest BCUT2D eigenvalue weighted by Gasteiger charge is -2.38. The molecule has 0 amide bonds. The van der Waals surface area contributed by atoms with Gasteiger partial charge in [0.1, 0.15) is 21.9 Å². The van der Waals surface area contributed by atoms with E-state index in [1.54, 1.807) is 6.07 Å². The van der Waals surface area contributed by atoms with Crippen molar-refractivity contribution in [3.8, 4) is 28.7 Å². The van der Waals surface area contributed by atoms with Crippen LogP contribution in [0.25, 0.3) is 21.5 Å². The van der Waals surface area contributed by atoms with Gasteiger partial charge in [0.2, 0.25) is 0 Å². The molecule has 3 aromatic carbocycles. The van der Waals surface area contributed by atoms with Gasteiger partial charge in [-0.05, 0) is 67.6 Å². The van der Waals surface area contributed by atoms with E-state index in [2.05, 4.69) is 130 Å². The van der Waals surface area contributed by atoms with Crippen LogP contribution >= 0.6 is 0 Å². The highest BCUT2D eigenvalue weighted by molar-refractivity contribution is 6.91. The predicted molar refractivity (Wildman–Crippen MR) is 179 cm³/mol. The molecule has 1 nitrogen and oxygen atoms in total. The van der Waals surface area contributed by atoms with Crippen molar-refractivity contribution in [2.75, 3.05) is 0 Å². The third-order valence-corrected chi connectivity index (χ3v) is 22.1. The fourth-order valence-corrected chi connectivity index (χ4v) is 18.1. The normalized spacial score (nSPS) is 12.7. The Hall–Kier alpha value is -2.47. The Balaban J connectivity index is 2.49. The molecule has 0 aliphatic heterocycles. The fourth-order valence-electron chi connectivity index (χ4n) is 7.64. The van der Waals surface area contributed by atoms with E-state index in [0.29, 0.717) is 33.2 Å². The second kappa shape index (κ2) is 12.0. The third-order valence-electron chi connectivity index (χ3n) is 9.55. The molecular weight excluding hydrogens is 505 g/mol. The van der Waals surface area contributed by atoms with Crippen LogP contribution in [-0.2, 0) is 0 Å². The van der Waals surface area contributed by atoms with E-state index in [0.717, 1.165) is 32.7 Å². The van der Waals surface area contributed by atoms with E-state index in [1.807, 2.05) is 12.1 Å². The van der Waals surface area contributed by atoms with Gasteiger partial charge in [0.05, 0.1) is 0 Å². The van der Waals surface area contributed by atoms with Crippen molar-refractivity contribution in [1.29, 1.82) is 0 Å². The Labute approximate surface area is 240 Å². The van der Waals surface area contributed by atoms with Gasteiger partial charge in [-0.3, -0.25) is 0 Å². The molecule has 0 spiro atoms. The van der Waals surface area contributed by atoms with Gasteiger partial charge in [-0.1, -0.05) is 119 Å². The van der Waals surface area contributed by atoms with Gasteiger partial charge in [-0.15, -0.1) is 11.1 Å². The molecule has 0 saturated carbocycles. The molecule has 0 heterocycles. The minimum Gasteiger partial charge on any atom is -0.508 e. The SMILES string of the molecule is CC(C)[Si](C#Cc1c2ccccc2c(C#C[Si](C(C)C)(C(C)C)C(C)C)c2cc(O)ccc12)(C(C)C)C(C)C. The quantitative estimate of drug-likeness (QED) is 0.182. The van der Waals surface area contributed by atoms with Gasteiger partial charge >= 0.3 is 0 Å². The van der Waals surface area contributed by atoms with Crippen LogP contribution in [0.1, 0.15) is 94.2 Å². The van der Waals surface area contributed by atoms with Crippen molar-refractivity contribution in [2.24, 2.45) is 0 Å². The molecule has 39 heavy (non-hydrogen) atoms. The molecule has 0 saturated heterocycles. The zero-order chi connectivity index (χ0) is 29.3. The molecule has 0 fully saturated rings. The van der Waals surface area contributed by atoms with Crippen molar-refractivity contribution in [3.05, 3.63) is 53.6 Å². The molecule has 0 bridgehead atoms. The summed E-state index contributed by atoms with van der Waals surface area (Å²) in [5, 5.41) is 15.0. The average Bonchev–Trinajstić information content (AvgIpc) is 2.84. The van der Waals surface area contributed by atoms with Crippen LogP contribution < -0.4 is 0 Å². The molecule has 0 aliphatic rings. The zero-order valence-electron chi connectivity index (χ0n) is 26.5. The minimum absolute atomic E-state index is 0.273. The maximum Gasteiger partial charge on any atom is 0.146 e. The Kier molecular flexibility index (Phi) is 9.52. The number of phenolic OH excluding ortho intramolecular Hbond substituents is 1. The Bertz CT molecular complexity index is 1410. The zero-order valence-corrected chi connectivity index (χ0v) is 28.5. The molecule has 1 N–H and O–H groups in total. The molecule has 208 valence electrons. The maximum absolute atomic E-state index is 10.6.